The summed E-state index contributed by atoms with van der Waals surface area (Å²) >= 11 is 6.02. The minimum atomic E-state index is -0.357. The number of piperidine rings is 1. The summed E-state index contributed by atoms with van der Waals surface area (Å²) in [6.07, 6.45) is 3.66. The van der Waals surface area contributed by atoms with E-state index in [1.807, 2.05) is 0 Å². The second-order valence-corrected chi connectivity index (χ2v) is 6.81. The molecule has 0 unspecified atom stereocenters. The summed E-state index contributed by atoms with van der Waals surface area (Å²) in [6, 6.07) is 8.46. The van der Waals surface area contributed by atoms with Crippen molar-refractivity contribution in [3.63, 3.8) is 0 Å². The minimum Gasteiger partial charge on any atom is -0.370 e. The van der Waals surface area contributed by atoms with E-state index < -0.39 is 0 Å². The molecular weight excluding hydrogens is 354 g/mol. The van der Waals surface area contributed by atoms with Gasteiger partial charge in [0, 0.05) is 19.2 Å². The topological polar surface area (TPSA) is 93.2 Å². The maximum absolute atomic E-state index is 12.3. The number of nitrogens with one attached hydrogen (secondary N) is 1. The molecule has 0 saturated carbocycles. The zero-order valence-electron chi connectivity index (χ0n) is 14.4. The molecule has 7 nitrogen and oxygen atoms in total. The number of nitrogens with two attached hydrogens (primary N) is 1. The van der Waals surface area contributed by atoms with Crippen LogP contribution in [0.15, 0.2) is 41.3 Å². The van der Waals surface area contributed by atoms with Gasteiger partial charge in [0.15, 0.2) is 0 Å². The van der Waals surface area contributed by atoms with Crippen LogP contribution >= 0.6 is 11.6 Å². The van der Waals surface area contributed by atoms with Crippen molar-refractivity contribution >= 4 is 28.9 Å². The number of carbonyl (C=O) groups excluding carboxylic acids is 1. The van der Waals surface area contributed by atoms with Gasteiger partial charge in [0.1, 0.15) is 6.54 Å². The molecule has 2 aromatic rings. The number of aromatic nitrogens is 2. The molecule has 2 heterocycles. The van der Waals surface area contributed by atoms with Gasteiger partial charge in [-0.1, -0.05) is 23.7 Å². The van der Waals surface area contributed by atoms with E-state index in [1.165, 1.54) is 6.07 Å². The number of nitrogens with zero attached hydrogens (tertiary/aromatic N) is 3. The number of carbonyl (C=O) groups is 1. The average Bonchev–Trinajstić information content (AvgIpc) is 2.65. The van der Waals surface area contributed by atoms with Gasteiger partial charge in [-0.3, -0.25) is 9.59 Å². The summed E-state index contributed by atoms with van der Waals surface area (Å²) in [4.78, 5) is 26.6. The number of anilines is 2. The average molecular weight is 376 g/mol. The lowest BCUT2D eigenvalue weighted by Crippen LogP contribution is -2.37. The first-order valence-corrected chi connectivity index (χ1v) is 9.01. The van der Waals surface area contributed by atoms with Crippen LogP contribution in [-0.2, 0) is 11.3 Å². The van der Waals surface area contributed by atoms with E-state index in [-0.39, 0.29) is 18.0 Å². The van der Waals surface area contributed by atoms with E-state index >= 15 is 0 Å². The molecule has 1 aromatic heterocycles. The summed E-state index contributed by atoms with van der Waals surface area (Å²) in [5, 5.41) is 7.26. The second-order valence-electron chi connectivity index (χ2n) is 6.40. The van der Waals surface area contributed by atoms with Crippen LogP contribution in [0.3, 0.4) is 0 Å². The molecule has 26 heavy (non-hydrogen) atoms. The standard InChI is InChI=1S/C18H22ClN5O2/c19-15-3-1-2-4-16(15)22-17(25)12-24-18(26)9-14(11-21-24)23-7-5-13(10-20)6-8-23/h1-4,9,11,13H,5-8,10,12,20H2,(H,22,25). The minimum absolute atomic E-state index is 0.167. The monoisotopic (exact) mass is 375 g/mol. The lowest BCUT2D eigenvalue weighted by atomic mass is 9.97. The molecule has 1 fully saturated rings. The largest absolute Gasteiger partial charge is 0.370 e. The molecule has 0 spiro atoms. The van der Waals surface area contributed by atoms with E-state index in [9.17, 15) is 9.59 Å². The summed E-state index contributed by atoms with van der Waals surface area (Å²) < 4.78 is 1.14. The molecule has 138 valence electrons. The van der Waals surface area contributed by atoms with Crippen molar-refractivity contribution in [2.45, 2.75) is 19.4 Å². The highest BCUT2D eigenvalue weighted by Gasteiger charge is 2.19. The molecule has 1 aliphatic heterocycles. The van der Waals surface area contributed by atoms with Gasteiger partial charge in [-0.2, -0.15) is 5.10 Å². The van der Waals surface area contributed by atoms with Gasteiger partial charge in [-0.05, 0) is 37.4 Å². The fourth-order valence-corrected chi connectivity index (χ4v) is 3.21. The smallest absolute Gasteiger partial charge is 0.269 e. The summed E-state index contributed by atoms with van der Waals surface area (Å²) in [7, 11) is 0. The molecule has 0 bridgehead atoms. The Morgan fingerprint density at radius 2 is 2.04 bits per heavy atom. The number of benzene rings is 1. The van der Waals surface area contributed by atoms with Crippen molar-refractivity contribution in [3.05, 3.63) is 51.9 Å². The third-order valence-corrected chi connectivity index (χ3v) is 4.94. The SMILES string of the molecule is NCC1CCN(c2cnn(CC(=O)Nc3ccccc3Cl)c(=O)c2)CC1. The lowest BCUT2D eigenvalue weighted by molar-refractivity contribution is -0.117. The highest BCUT2D eigenvalue weighted by atomic mass is 35.5. The molecule has 1 saturated heterocycles. The maximum Gasteiger partial charge on any atom is 0.269 e. The van der Waals surface area contributed by atoms with Crippen LogP contribution in [0.2, 0.25) is 5.02 Å². The van der Waals surface area contributed by atoms with E-state index in [0.29, 0.717) is 23.2 Å². The van der Waals surface area contributed by atoms with Crippen molar-refractivity contribution in [2.75, 3.05) is 29.9 Å². The molecule has 3 N–H and O–H groups in total. The van der Waals surface area contributed by atoms with Crippen LogP contribution in [-0.4, -0.2) is 35.3 Å². The number of para-hydroxylation sites is 1. The van der Waals surface area contributed by atoms with Gasteiger partial charge in [-0.25, -0.2) is 4.68 Å². The van der Waals surface area contributed by atoms with Crippen LogP contribution in [0.1, 0.15) is 12.8 Å². The molecule has 1 aliphatic rings. The Morgan fingerprint density at radius 3 is 2.69 bits per heavy atom. The molecule has 0 aliphatic carbocycles. The van der Waals surface area contributed by atoms with E-state index in [4.69, 9.17) is 17.3 Å². The summed E-state index contributed by atoms with van der Waals surface area (Å²) in [5.74, 6) is 0.192. The fourth-order valence-electron chi connectivity index (χ4n) is 3.03. The van der Waals surface area contributed by atoms with Gasteiger partial charge < -0.3 is 16.0 Å². The number of hydrogen-bond donors (Lipinski definition) is 2. The van der Waals surface area contributed by atoms with Crippen molar-refractivity contribution in [3.8, 4) is 0 Å². The Bertz CT molecular complexity index is 830. The number of halogens is 1. The van der Waals surface area contributed by atoms with Crippen molar-refractivity contribution in [1.82, 2.24) is 9.78 Å². The van der Waals surface area contributed by atoms with E-state index in [1.54, 1.807) is 30.5 Å². The number of rotatable bonds is 5. The van der Waals surface area contributed by atoms with Gasteiger partial charge >= 0.3 is 0 Å². The Morgan fingerprint density at radius 1 is 1.31 bits per heavy atom. The zero-order chi connectivity index (χ0) is 18.5. The first-order chi connectivity index (χ1) is 12.6. The molecule has 0 radical (unpaired) electrons. The summed E-state index contributed by atoms with van der Waals surface area (Å²) in [6.45, 7) is 2.26. The third kappa shape index (κ3) is 4.42. The highest BCUT2D eigenvalue weighted by molar-refractivity contribution is 6.33. The highest BCUT2D eigenvalue weighted by Crippen LogP contribution is 2.21. The Hall–Kier alpha value is -2.38. The van der Waals surface area contributed by atoms with Crippen LogP contribution in [0.4, 0.5) is 11.4 Å². The van der Waals surface area contributed by atoms with Crippen molar-refractivity contribution in [1.29, 1.82) is 0 Å². The van der Waals surface area contributed by atoms with Gasteiger partial charge in [0.25, 0.3) is 5.56 Å². The fraction of sp³-hybridized carbons (Fsp3) is 0.389. The van der Waals surface area contributed by atoms with Gasteiger partial charge in [0.05, 0.1) is 22.6 Å². The Kier molecular flexibility index (Phi) is 5.90. The quantitative estimate of drug-likeness (QED) is 0.829. The summed E-state index contributed by atoms with van der Waals surface area (Å²) in [5.41, 5.74) is 6.70. The molecule has 8 heteroatoms. The number of hydrogen-bond acceptors (Lipinski definition) is 5. The molecular formula is C18H22ClN5O2. The first-order valence-electron chi connectivity index (χ1n) is 8.63. The predicted molar refractivity (Wildman–Crippen MR) is 103 cm³/mol. The van der Waals surface area contributed by atoms with Crippen LogP contribution in [0.5, 0.6) is 0 Å². The van der Waals surface area contributed by atoms with Crippen LogP contribution < -0.4 is 21.5 Å². The van der Waals surface area contributed by atoms with Gasteiger partial charge in [-0.15, -0.1) is 0 Å². The molecule has 1 amide bonds. The zero-order valence-corrected chi connectivity index (χ0v) is 15.2. The van der Waals surface area contributed by atoms with Gasteiger partial charge in [0.2, 0.25) is 5.91 Å². The molecule has 3 rings (SSSR count). The van der Waals surface area contributed by atoms with Crippen LogP contribution in [0, 0.1) is 5.92 Å². The van der Waals surface area contributed by atoms with Crippen molar-refractivity contribution in [2.24, 2.45) is 11.7 Å². The maximum atomic E-state index is 12.3. The normalized spacial score (nSPS) is 15.1. The molecule has 1 aromatic carbocycles. The predicted octanol–water partition coefficient (Wildman–Crippen LogP) is 1.71. The molecule has 0 atom stereocenters. The lowest BCUT2D eigenvalue weighted by Gasteiger charge is -2.32. The first kappa shape index (κ1) is 18.4. The van der Waals surface area contributed by atoms with E-state index in [2.05, 4.69) is 15.3 Å². The van der Waals surface area contributed by atoms with Crippen LogP contribution in [0.25, 0.3) is 0 Å². The number of amides is 1. The second kappa shape index (κ2) is 8.33. The Balaban J connectivity index is 1.64. The van der Waals surface area contributed by atoms with E-state index in [0.717, 1.165) is 36.3 Å². The third-order valence-electron chi connectivity index (χ3n) is 4.61. The Labute approximate surface area is 156 Å². The van der Waals surface area contributed by atoms with Crippen molar-refractivity contribution < 1.29 is 4.79 Å².